The third-order valence-corrected chi connectivity index (χ3v) is 8.76. The second kappa shape index (κ2) is 11.5. The summed E-state index contributed by atoms with van der Waals surface area (Å²) in [6, 6.07) is 6.87. The first-order chi connectivity index (χ1) is 18.7. The fourth-order valence-corrected chi connectivity index (χ4v) is 6.04. The lowest BCUT2D eigenvalue weighted by Crippen LogP contribution is -2.46. The number of anilines is 5. The van der Waals surface area contributed by atoms with Gasteiger partial charge >= 0.3 is 6.61 Å². The number of amides is 1. The van der Waals surface area contributed by atoms with Crippen LogP contribution in [0.4, 0.5) is 37.6 Å². The third kappa shape index (κ3) is 6.34. The number of nitrogens with zero attached hydrogens (tertiary/aromatic N) is 4. The van der Waals surface area contributed by atoms with Crippen LogP contribution in [-0.2, 0) is 0 Å². The number of primary amides is 1. The number of aromatic nitrogens is 2. The lowest BCUT2D eigenvalue weighted by atomic mass is 9.71. The van der Waals surface area contributed by atoms with Gasteiger partial charge in [-0.2, -0.15) is 13.8 Å². The molecule has 13 heteroatoms. The summed E-state index contributed by atoms with van der Waals surface area (Å²) in [7, 11) is 2.16. The van der Waals surface area contributed by atoms with Crippen LogP contribution < -0.4 is 26.0 Å². The van der Waals surface area contributed by atoms with E-state index in [-0.39, 0.29) is 28.2 Å². The minimum atomic E-state index is -3.00. The van der Waals surface area contributed by atoms with Gasteiger partial charge in [0.15, 0.2) is 11.6 Å². The van der Waals surface area contributed by atoms with Gasteiger partial charge in [0.1, 0.15) is 9.90 Å². The van der Waals surface area contributed by atoms with Crippen LogP contribution in [0.5, 0.6) is 5.75 Å². The molecule has 0 unspecified atom stereocenters. The molecule has 9 nitrogen and oxygen atoms in total. The van der Waals surface area contributed by atoms with Crippen LogP contribution in [0, 0.1) is 5.41 Å². The summed E-state index contributed by atoms with van der Waals surface area (Å²) in [6.07, 6.45) is 5.94. The Hall–Kier alpha value is -3.22. The first-order valence-electron chi connectivity index (χ1n) is 12.7. The minimum absolute atomic E-state index is 0.0102. The Bertz CT molecular complexity index is 1320. The molecule has 1 aromatic carbocycles. The van der Waals surface area contributed by atoms with Crippen molar-refractivity contribution in [2.75, 3.05) is 48.8 Å². The number of halogens is 3. The Morgan fingerprint density at radius 3 is 2.54 bits per heavy atom. The predicted molar refractivity (Wildman–Crippen MR) is 150 cm³/mol. The number of hydrogen-bond acceptors (Lipinski definition) is 9. The van der Waals surface area contributed by atoms with Crippen molar-refractivity contribution in [2.24, 2.45) is 11.1 Å². The number of thiophene rings is 1. The van der Waals surface area contributed by atoms with Gasteiger partial charge in [-0.3, -0.25) is 4.79 Å². The van der Waals surface area contributed by atoms with Gasteiger partial charge in [0.05, 0.1) is 17.6 Å². The van der Waals surface area contributed by atoms with Crippen molar-refractivity contribution in [2.45, 2.75) is 32.3 Å². The molecule has 3 aromatic rings. The number of carbonyl (C=O) groups excluding carboxylic acids is 1. The average Bonchev–Trinajstić information content (AvgIpc) is 3.38. The average molecular weight is 578 g/mol. The van der Waals surface area contributed by atoms with Crippen molar-refractivity contribution >= 4 is 57.7 Å². The zero-order valence-electron chi connectivity index (χ0n) is 21.4. The Morgan fingerprint density at radius 1 is 1.13 bits per heavy atom. The maximum absolute atomic E-state index is 13.4. The number of alkyl halides is 2. The molecular weight excluding hydrogens is 548 g/mol. The van der Waals surface area contributed by atoms with Gasteiger partial charge in [-0.1, -0.05) is 11.6 Å². The number of nitrogens with two attached hydrogens (primary N) is 1. The zero-order valence-corrected chi connectivity index (χ0v) is 23.0. The fraction of sp³-hybridized carbons (Fsp3) is 0.423. The lowest BCUT2D eigenvalue weighted by Gasteiger charge is -2.47. The van der Waals surface area contributed by atoms with E-state index in [9.17, 15) is 13.6 Å². The number of nitrogens with one attached hydrogen (secondary N) is 2. The van der Waals surface area contributed by atoms with E-state index in [0.29, 0.717) is 16.0 Å². The van der Waals surface area contributed by atoms with Crippen molar-refractivity contribution in [3.05, 3.63) is 45.7 Å². The van der Waals surface area contributed by atoms with Gasteiger partial charge < -0.3 is 30.9 Å². The molecule has 4 N–H and O–H groups in total. The molecular formula is C26H30ClF2N7O2S. The summed E-state index contributed by atoms with van der Waals surface area (Å²) < 4.78 is 31.6. The van der Waals surface area contributed by atoms with E-state index < -0.39 is 12.5 Å². The normalized spacial score (nSPS) is 17.4. The summed E-state index contributed by atoms with van der Waals surface area (Å²) in [4.78, 5) is 25.1. The van der Waals surface area contributed by atoms with Crippen LogP contribution in [0.1, 0.15) is 35.4 Å². The summed E-state index contributed by atoms with van der Waals surface area (Å²) in [5.41, 5.74) is 7.36. The number of ether oxygens (including phenoxy) is 1. The van der Waals surface area contributed by atoms with Crippen LogP contribution >= 0.6 is 22.9 Å². The molecule has 0 radical (unpaired) electrons. The molecule has 0 aliphatic carbocycles. The highest BCUT2D eigenvalue weighted by atomic mass is 35.5. The minimum Gasteiger partial charge on any atom is -0.433 e. The number of carbonyl (C=O) groups is 1. The Morgan fingerprint density at radius 2 is 1.85 bits per heavy atom. The summed E-state index contributed by atoms with van der Waals surface area (Å²) >= 11 is 7.44. The van der Waals surface area contributed by atoms with E-state index in [2.05, 4.69) is 37.4 Å². The molecule has 2 fully saturated rings. The van der Waals surface area contributed by atoms with Gasteiger partial charge in [-0.25, -0.2) is 4.98 Å². The SMILES string of the molecule is CN1CCC2(CC1)CCN(c1ccc(Nc3ncc(Cl)c(Nc4ccsc4C(N)=O)n3)c(OC(F)F)c1)CC2. The van der Waals surface area contributed by atoms with Crippen LogP contribution in [0.2, 0.25) is 5.02 Å². The summed E-state index contributed by atoms with van der Waals surface area (Å²) in [6.45, 7) is 0.983. The van der Waals surface area contributed by atoms with Gasteiger partial charge in [-0.05, 0) is 74.8 Å². The quantitative estimate of drug-likeness (QED) is 0.313. The second-order valence-electron chi connectivity index (χ2n) is 10.0. The first-order valence-corrected chi connectivity index (χ1v) is 13.9. The number of piperidine rings is 2. The van der Waals surface area contributed by atoms with E-state index in [1.165, 1.54) is 30.4 Å². The maximum atomic E-state index is 13.4. The van der Waals surface area contributed by atoms with Crippen LogP contribution in [-0.4, -0.2) is 60.6 Å². The van der Waals surface area contributed by atoms with Gasteiger partial charge in [-0.15, -0.1) is 11.3 Å². The van der Waals surface area contributed by atoms with E-state index in [1.54, 1.807) is 23.6 Å². The summed E-state index contributed by atoms with van der Waals surface area (Å²) in [5.74, 6) is -0.268. The number of benzene rings is 1. The van der Waals surface area contributed by atoms with Crippen molar-refractivity contribution in [3.63, 3.8) is 0 Å². The van der Waals surface area contributed by atoms with Crippen molar-refractivity contribution < 1.29 is 18.3 Å². The summed E-state index contributed by atoms with van der Waals surface area (Å²) in [5, 5.41) is 7.85. The first kappa shape index (κ1) is 27.4. The topological polar surface area (TPSA) is 109 Å². The molecule has 39 heavy (non-hydrogen) atoms. The molecule has 5 rings (SSSR count). The van der Waals surface area contributed by atoms with Crippen molar-refractivity contribution in [3.8, 4) is 5.75 Å². The zero-order chi connectivity index (χ0) is 27.6. The molecule has 2 aromatic heterocycles. The monoisotopic (exact) mass is 577 g/mol. The number of hydrogen-bond donors (Lipinski definition) is 3. The van der Waals surface area contributed by atoms with E-state index in [1.807, 2.05) is 6.07 Å². The van der Waals surface area contributed by atoms with Gasteiger partial charge in [0, 0.05) is 24.8 Å². The van der Waals surface area contributed by atoms with Crippen molar-refractivity contribution in [1.82, 2.24) is 14.9 Å². The van der Waals surface area contributed by atoms with E-state index >= 15 is 0 Å². The van der Waals surface area contributed by atoms with Gasteiger partial charge in [0.25, 0.3) is 5.91 Å². The third-order valence-electron chi connectivity index (χ3n) is 7.55. The Labute approximate surface area is 234 Å². The highest BCUT2D eigenvalue weighted by Crippen LogP contribution is 2.43. The second-order valence-corrected chi connectivity index (χ2v) is 11.3. The molecule has 0 saturated carbocycles. The van der Waals surface area contributed by atoms with Crippen molar-refractivity contribution in [1.29, 1.82) is 0 Å². The maximum Gasteiger partial charge on any atom is 0.387 e. The highest BCUT2D eigenvalue weighted by molar-refractivity contribution is 7.12. The highest BCUT2D eigenvalue weighted by Gasteiger charge is 2.37. The molecule has 0 bridgehead atoms. The standard InChI is InChI=1S/C26H30ClF2N7O2S/c1-35-9-5-26(6-10-35)7-11-36(12-8-26)16-2-3-18(20(14-16)38-24(28)29)33-25-31-15-17(27)23(34-25)32-19-4-13-39-21(19)22(30)37/h2-4,13-15,24H,5-12H2,1H3,(H2,30,37)(H2,31,32,33,34). The Kier molecular flexibility index (Phi) is 8.06. The predicted octanol–water partition coefficient (Wildman–Crippen LogP) is 5.69. The fourth-order valence-electron chi connectivity index (χ4n) is 5.20. The molecule has 4 heterocycles. The van der Waals surface area contributed by atoms with E-state index in [0.717, 1.165) is 44.7 Å². The number of likely N-dealkylation sites (tertiary alicyclic amines) is 1. The lowest BCUT2D eigenvalue weighted by molar-refractivity contribution is -0.0493. The smallest absolute Gasteiger partial charge is 0.387 e. The largest absolute Gasteiger partial charge is 0.433 e. The van der Waals surface area contributed by atoms with Crippen LogP contribution in [0.3, 0.4) is 0 Å². The molecule has 1 spiro atoms. The van der Waals surface area contributed by atoms with Crippen LogP contribution in [0.25, 0.3) is 0 Å². The van der Waals surface area contributed by atoms with E-state index in [4.69, 9.17) is 22.1 Å². The molecule has 208 valence electrons. The Balaban J connectivity index is 1.33. The molecule has 0 atom stereocenters. The molecule has 1 amide bonds. The molecule has 2 aliphatic heterocycles. The molecule has 2 saturated heterocycles. The number of rotatable bonds is 8. The van der Waals surface area contributed by atoms with Crippen LogP contribution in [0.15, 0.2) is 35.8 Å². The molecule has 2 aliphatic rings. The van der Waals surface area contributed by atoms with Gasteiger partial charge in [0.2, 0.25) is 5.95 Å².